The maximum atomic E-state index is 9.11. The predicted molar refractivity (Wildman–Crippen MR) is 54.2 cm³/mol. The van der Waals surface area contributed by atoms with Gasteiger partial charge in [0.1, 0.15) is 0 Å². The summed E-state index contributed by atoms with van der Waals surface area (Å²) >= 11 is 1.62. The second-order valence-corrected chi connectivity index (χ2v) is 4.92. The standard InChI is InChI=1S/C10H14O3S/c1-10(5-11)6-12-9(13-7-10)8-3-2-4-14-8/h2-4,9,11H,5-7H2,1H3. The van der Waals surface area contributed by atoms with Crippen molar-refractivity contribution in [1.82, 2.24) is 0 Å². The molecule has 1 saturated heterocycles. The molecule has 1 aromatic rings. The van der Waals surface area contributed by atoms with Crippen LogP contribution in [0.4, 0.5) is 0 Å². The SMILES string of the molecule is CC1(CO)COC(c2cccs2)OC1. The van der Waals surface area contributed by atoms with Crippen molar-refractivity contribution in [2.45, 2.75) is 13.2 Å². The number of rotatable bonds is 2. The maximum Gasteiger partial charge on any atom is 0.193 e. The highest BCUT2D eigenvalue weighted by atomic mass is 32.1. The molecule has 0 saturated carbocycles. The zero-order valence-corrected chi connectivity index (χ0v) is 8.92. The molecule has 14 heavy (non-hydrogen) atoms. The lowest BCUT2D eigenvalue weighted by atomic mass is 9.94. The topological polar surface area (TPSA) is 38.7 Å². The Kier molecular flexibility index (Phi) is 2.88. The van der Waals surface area contributed by atoms with Crippen molar-refractivity contribution in [2.75, 3.05) is 19.8 Å². The monoisotopic (exact) mass is 214 g/mol. The predicted octanol–water partition coefficient (Wildman–Crippen LogP) is 1.79. The van der Waals surface area contributed by atoms with Crippen LogP contribution in [0.1, 0.15) is 18.1 Å². The first-order valence-corrected chi connectivity index (χ1v) is 5.49. The second-order valence-electron chi connectivity index (χ2n) is 3.94. The fourth-order valence-electron chi connectivity index (χ4n) is 1.32. The summed E-state index contributed by atoms with van der Waals surface area (Å²) in [5.41, 5.74) is -0.242. The summed E-state index contributed by atoms with van der Waals surface area (Å²) in [6.45, 7) is 3.15. The van der Waals surface area contributed by atoms with E-state index in [1.165, 1.54) is 0 Å². The fourth-order valence-corrected chi connectivity index (χ4v) is 2.04. The molecule has 4 heteroatoms. The molecule has 2 rings (SSSR count). The van der Waals surface area contributed by atoms with Gasteiger partial charge in [-0.1, -0.05) is 13.0 Å². The lowest BCUT2D eigenvalue weighted by Crippen LogP contribution is -2.38. The molecule has 0 amide bonds. The number of ether oxygens (including phenoxy) is 2. The molecule has 1 fully saturated rings. The van der Waals surface area contributed by atoms with Gasteiger partial charge < -0.3 is 14.6 Å². The zero-order chi connectivity index (χ0) is 10.0. The van der Waals surface area contributed by atoms with Crippen LogP contribution in [0.25, 0.3) is 0 Å². The summed E-state index contributed by atoms with van der Waals surface area (Å²) in [4.78, 5) is 1.09. The molecule has 1 N–H and O–H groups in total. The molecule has 1 aliphatic heterocycles. The molecule has 78 valence electrons. The van der Waals surface area contributed by atoms with E-state index in [0.717, 1.165) is 4.88 Å². The van der Waals surface area contributed by atoms with Crippen molar-refractivity contribution in [3.63, 3.8) is 0 Å². The molecule has 1 aliphatic rings. The van der Waals surface area contributed by atoms with E-state index in [1.54, 1.807) is 11.3 Å². The summed E-state index contributed by atoms with van der Waals surface area (Å²) in [7, 11) is 0. The smallest absolute Gasteiger partial charge is 0.193 e. The van der Waals surface area contributed by atoms with E-state index >= 15 is 0 Å². The number of hydrogen-bond donors (Lipinski definition) is 1. The van der Waals surface area contributed by atoms with Crippen molar-refractivity contribution in [2.24, 2.45) is 5.41 Å². The summed E-state index contributed by atoms with van der Waals surface area (Å²) in [5.74, 6) is 0. The van der Waals surface area contributed by atoms with Crippen LogP contribution in [0.3, 0.4) is 0 Å². The van der Waals surface area contributed by atoms with Gasteiger partial charge in [-0.15, -0.1) is 11.3 Å². The number of thiophene rings is 1. The van der Waals surface area contributed by atoms with Crippen LogP contribution >= 0.6 is 11.3 Å². The Hall–Kier alpha value is -0.420. The highest BCUT2D eigenvalue weighted by Gasteiger charge is 2.32. The molecule has 0 aliphatic carbocycles. The van der Waals surface area contributed by atoms with Gasteiger partial charge in [0.15, 0.2) is 6.29 Å². The van der Waals surface area contributed by atoms with Crippen LogP contribution in [-0.4, -0.2) is 24.9 Å². The van der Waals surface area contributed by atoms with E-state index < -0.39 is 0 Å². The summed E-state index contributed by atoms with van der Waals surface area (Å²) < 4.78 is 11.1. The summed E-state index contributed by atoms with van der Waals surface area (Å²) in [5, 5.41) is 11.1. The molecule has 0 radical (unpaired) electrons. The van der Waals surface area contributed by atoms with Gasteiger partial charge in [-0.3, -0.25) is 0 Å². The Bertz CT molecular complexity index is 276. The Balaban J connectivity index is 1.97. The average molecular weight is 214 g/mol. The van der Waals surface area contributed by atoms with Gasteiger partial charge in [-0.2, -0.15) is 0 Å². The number of hydrogen-bond acceptors (Lipinski definition) is 4. The van der Waals surface area contributed by atoms with E-state index in [9.17, 15) is 0 Å². The van der Waals surface area contributed by atoms with Gasteiger partial charge in [0.2, 0.25) is 0 Å². The normalized spacial score (nSPS) is 33.1. The summed E-state index contributed by atoms with van der Waals surface area (Å²) in [6.07, 6.45) is -0.241. The lowest BCUT2D eigenvalue weighted by molar-refractivity contribution is -0.235. The van der Waals surface area contributed by atoms with E-state index in [0.29, 0.717) is 13.2 Å². The quantitative estimate of drug-likeness (QED) is 0.815. The highest BCUT2D eigenvalue weighted by Crippen LogP contribution is 2.32. The maximum absolute atomic E-state index is 9.11. The molecule has 0 bridgehead atoms. The third-order valence-electron chi connectivity index (χ3n) is 2.32. The van der Waals surface area contributed by atoms with Crippen molar-refractivity contribution in [1.29, 1.82) is 0 Å². The van der Waals surface area contributed by atoms with Crippen LogP contribution in [0.15, 0.2) is 17.5 Å². The Morgan fingerprint density at radius 1 is 1.57 bits per heavy atom. The van der Waals surface area contributed by atoms with Gasteiger partial charge in [0, 0.05) is 5.41 Å². The van der Waals surface area contributed by atoms with Crippen LogP contribution in [0, 0.1) is 5.41 Å². The van der Waals surface area contributed by atoms with Gasteiger partial charge >= 0.3 is 0 Å². The minimum absolute atomic E-state index is 0.101. The minimum Gasteiger partial charge on any atom is -0.396 e. The minimum atomic E-state index is -0.242. The van der Waals surface area contributed by atoms with Gasteiger partial charge in [0.05, 0.1) is 24.7 Å². The Labute approximate surface area is 87.3 Å². The largest absolute Gasteiger partial charge is 0.396 e. The molecule has 3 nitrogen and oxygen atoms in total. The van der Waals surface area contributed by atoms with Gasteiger partial charge in [-0.25, -0.2) is 0 Å². The first-order chi connectivity index (χ1) is 6.73. The molecule has 1 aromatic heterocycles. The van der Waals surface area contributed by atoms with Gasteiger partial charge in [-0.05, 0) is 11.4 Å². The third-order valence-corrected chi connectivity index (χ3v) is 3.22. The van der Waals surface area contributed by atoms with Crippen LogP contribution in [-0.2, 0) is 9.47 Å². The number of aliphatic hydroxyl groups excluding tert-OH is 1. The lowest BCUT2D eigenvalue weighted by Gasteiger charge is -2.35. The van der Waals surface area contributed by atoms with Crippen LogP contribution in [0.5, 0.6) is 0 Å². The first-order valence-electron chi connectivity index (χ1n) is 4.61. The first kappa shape index (κ1) is 10.1. The average Bonchev–Trinajstić information content (AvgIpc) is 2.72. The second kappa shape index (κ2) is 3.98. The third kappa shape index (κ3) is 1.98. The molecule has 2 heterocycles. The van der Waals surface area contributed by atoms with Crippen molar-refractivity contribution in [3.05, 3.63) is 22.4 Å². The van der Waals surface area contributed by atoms with E-state index in [4.69, 9.17) is 14.6 Å². The van der Waals surface area contributed by atoms with Crippen LogP contribution < -0.4 is 0 Å². The molecule has 0 aromatic carbocycles. The Morgan fingerprint density at radius 3 is 2.79 bits per heavy atom. The van der Waals surface area contributed by atoms with E-state index in [-0.39, 0.29) is 18.3 Å². The molecular weight excluding hydrogens is 200 g/mol. The molecular formula is C10H14O3S. The van der Waals surface area contributed by atoms with Crippen LogP contribution in [0.2, 0.25) is 0 Å². The zero-order valence-electron chi connectivity index (χ0n) is 8.10. The van der Waals surface area contributed by atoms with Crippen molar-refractivity contribution in [3.8, 4) is 0 Å². The van der Waals surface area contributed by atoms with Gasteiger partial charge in [0.25, 0.3) is 0 Å². The summed E-state index contributed by atoms with van der Waals surface area (Å²) in [6, 6.07) is 3.98. The molecule has 0 spiro atoms. The highest BCUT2D eigenvalue weighted by molar-refractivity contribution is 7.10. The van der Waals surface area contributed by atoms with Crippen molar-refractivity contribution < 1.29 is 14.6 Å². The number of aliphatic hydroxyl groups is 1. The fraction of sp³-hybridized carbons (Fsp3) is 0.600. The molecule has 0 atom stereocenters. The van der Waals surface area contributed by atoms with E-state index in [1.807, 2.05) is 24.4 Å². The van der Waals surface area contributed by atoms with Crippen molar-refractivity contribution >= 4 is 11.3 Å². The Morgan fingerprint density at radius 2 is 2.29 bits per heavy atom. The molecule has 0 unspecified atom stereocenters. The van der Waals surface area contributed by atoms with E-state index in [2.05, 4.69) is 0 Å².